The van der Waals surface area contributed by atoms with Gasteiger partial charge in [0, 0.05) is 0 Å². The minimum atomic E-state index is 0.599. The van der Waals surface area contributed by atoms with Gasteiger partial charge in [-0.15, -0.1) is 0 Å². The van der Waals surface area contributed by atoms with Crippen LogP contribution in [0.15, 0.2) is 53.6 Å². The molecule has 0 atom stereocenters. The second-order valence-corrected chi connectivity index (χ2v) is 4.68. The molecule has 0 aliphatic rings. The van der Waals surface area contributed by atoms with Crippen LogP contribution in [0.5, 0.6) is 5.75 Å². The topological polar surface area (TPSA) is 33.6 Å². The molecular formula is C16H17ClN2O. The first kappa shape index (κ1) is 14.4. The van der Waals surface area contributed by atoms with Gasteiger partial charge >= 0.3 is 0 Å². The molecule has 0 saturated carbocycles. The number of halogens is 1. The Kier molecular flexibility index (Phi) is 5.44. The van der Waals surface area contributed by atoms with E-state index in [4.69, 9.17) is 16.3 Å². The molecule has 2 aromatic rings. The molecule has 3 nitrogen and oxygen atoms in total. The number of nitrogens with one attached hydrogen (secondary N) is 1. The maximum atomic E-state index is 6.15. The van der Waals surface area contributed by atoms with Crippen LogP contribution in [0.1, 0.15) is 18.9 Å². The van der Waals surface area contributed by atoms with E-state index in [2.05, 4.69) is 17.5 Å². The number of benzene rings is 2. The van der Waals surface area contributed by atoms with Gasteiger partial charge in [0.15, 0.2) is 0 Å². The van der Waals surface area contributed by atoms with Gasteiger partial charge in [0.1, 0.15) is 5.75 Å². The Morgan fingerprint density at radius 3 is 2.70 bits per heavy atom. The average molecular weight is 289 g/mol. The predicted molar refractivity (Wildman–Crippen MR) is 84.9 cm³/mol. The molecule has 0 aliphatic heterocycles. The number of nitrogens with zero attached hydrogens (tertiary/aromatic N) is 1. The molecule has 0 aromatic heterocycles. The van der Waals surface area contributed by atoms with Crippen LogP contribution in [0.2, 0.25) is 5.02 Å². The van der Waals surface area contributed by atoms with Crippen LogP contribution in [0.4, 0.5) is 5.69 Å². The predicted octanol–water partition coefficient (Wildman–Crippen LogP) is 4.57. The largest absolute Gasteiger partial charge is 0.492 e. The van der Waals surface area contributed by atoms with Crippen molar-refractivity contribution in [3.63, 3.8) is 0 Å². The fourth-order valence-electron chi connectivity index (χ4n) is 1.62. The van der Waals surface area contributed by atoms with E-state index in [1.54, 1.807) is 6.21 Å². The highest BCUT2D eigenvalue weighted by Gasteiger charge is 2.01. The molecule has 0 bridgehead atoms. The molecule has 0 saturated heterocycles. The molecule has 4 heteroatoms. The van der Waals surface area contributed by atoms with Crippen molar-refractivity contribution in [2.45, 2.75) is 13.3 Å². The number of hydrazone groups is 1. The summed E-state index contributed by atoms with van der Waals surface area (Å²) in [6.07, 6.45) is 2.68. The second kappa shape index (κ2) is 7.56. The Morgan fingerprint density at radius 1 is 1.20 bits per heavy atom. The van der Waals surface area contributed by atoms with Crippen LogP contribution in [0.3, 0.4) is 0 Å². The van der Waals surface area contributed by atoms with Gasteiger partial charge in [0.05, 0.1) is 23.5 Å². The van der Waals surface area contributed by atoms with Crippen LogP contribution in [0.25, 0.3) is 0 Å². The first-order valence-corrected chi connectivity index (χ1v) is 6.94. The SMILES string of the molecule is CCCOc1ccc(/C=N/Nc2ccccc2)cc1Cl. The fraction of sp³-hybridized carbons (Fsp3) is 0.188. The molecule has 0 radical (unpaired) electrons. The summed E-state index contributed by atoms with van der Waals surface area (Å²) in [6, 6.07) is 15.4. The number of rotatable bonds is 6. The molecule has 0 unspecified atom stereocenters. The first-order valence-electron chi connectivity index (χ1n) is 6.56. The summed E-state index contributed by atoms with van der Waals surface area (Å²) >= 11 is 6.15. The van der Waals surface area contributed by atoms with Gasteiger partial charge in [-0.3, -0.25) is 5.43 Å². The van der Waals surface area contributed by atoms with Crippen molar-refractivity contribution in [3.8, 4) is 5.75 Å². The van der Waals surface area contributed by atoms with Crippen molar-refractivity contribution in [3.05, 3.63) is 59.1 Å². The Morgan fingerprint density at radius 2 is 2.00 bits per heavy atom. The third-order valence-corrected chi connectivity index (χ3v) is 2.89. The number of ether oxygens (including phenoxy) is 1. The molecule has 0 spiro atoms. The van der Waals surface area contributed by atoms with Gasteiger partial charge < -0.3 is 4.74 Å². The maximum Gasteiger partial charge on any atom is 0.137 e. The molecular weight excluding hydrogens is 272 g/mol. The summed E-state index contributed by atoms with van der Waals surface area (Å²) in [5.74, 6) is 0.710. The number of hydrogen-bond donors (Lipinski definition) is 1. The van der Waals surface area contributed by atoms with Crippen molar-refractivity contribution < 1.29 is 4.74 Å². The highest BCUT2D eigenvalue weighted by Crippen LogP contribution is 2.25. The molecule has 1 N–H and O–H groups in total. The minimum Gasteiger partial charge on any atom is -0.492 e. The molecule has 0 heterocycles. The van der Waals surface area contributed by atoms with Gasteiger partial charge in [-0.25, -0.2) is 0 Å². The molecule has 2 rings (SSSR count). The Hall–Kier alpha value is -2.00. The van der Waals surface area contributed by atoms with Crippen LogP contribution in [-0.4, -0.2) is 12.8 Å². The quantitative estimate of drug-likeness (QED) is 0.624. The highest BCUT2D eigenvalue weighted by atomic mass is 35.5. The zero-order chi connectivity index (χ0) is 14.2. The van der Waals surface area contributed by atoms with E-state index < -0.39 is 0 Å². The summed E-state index contributed by atoms with van der Waals surface area (Å²) in [4.78, 5) is 0. The van der Waals surface area contributed by atoms with Crippen molar-refractivity contribution in [2.75, 3.05) is 12.0 Å². The molecule has 0 amide bonds. The van der Waals surface area contributed by atoms with Gasteiger partial charge in [-0.2, -0.15) is 5.10 Å². The number of hydrogen-bond acceptors (Lipinski definition) is 3. The summed E-state index contributed by atoms with van der Waals surface area (Å²) in [6.45, 7) is 2.73. The van der Waals surface area contributed by atoms with E-state index in [1.165, 1.54) is 0 Å². The Bertz CT molecular complexity index is 570. The molecule has 2 aromatic carbocycles. The smallest absolute Gasteiger partial charge is 0.137 e. The molecule has 20 heavy (non-hydrogen) atoms. The lowest BCUT2D eigenvalue weighted by atomic mass is 10.2. The normalized spacial score (nSPS) is 10.7. The monoisotopic (exact) mass is 288 g/mol. The zero-order valence-electron chi connectivity index (χ0n) is 11.3. The maximum absolute atomic E-state index is 6.15. The number of anilines is 1. The van der Waals surface area contributed by atoms with Gasteiger partial charge in [0.2, 0.25) is 0 Å². The van der Waals surface area contributed by atoms with Gasteiger partial charge in [-0.1, -0.05) is 36.7 Å². The highest BCUT2D eigenvalue weighted by molar-refractivity contribution is 6.32. The van der Waals surface area contributed by atoms with Gasteiger partial charge in [0.25, 0.3) is 0 Å². The standard InChI is InChI=1S/C16H17ClN2O/c1-2-10-20-16-9-8-13(11-15(16)17)12-18-19-14-6-4-3-5-7-14/h3-9,11-12,19H,2,10H2,1H3/b18-12+. The van der Waals surface area contributed by atoms with Crippen molar-refractivity contribution in [2.24, 2.45) is 5.10 Å². The molecule has 0 fully saturated rings. The van der Waals surface area contributed by atoms with Crippen LogP contribution < -0.4 is 10.2 Å². The van der Waals surface area contributed by atoms with E-state index in [1.807, 2.05) is 48.5 Å². The minimum absolute atomic E-state index is 0.599. The summed E-state index contributed by atoms with van der Waals surface area (Å²) < 4.78 is 5.52. The number of para-hydroxylation sites is 1. The summed E-state index contributed by atoms with van der Waals surface area (Å²) in [5, 5.41) is 4.77. The lowest BCUT2D eigenvalue weighted by Gasteiger charge is -2.06. The fourth-order valence-corrected chi connectivity index (χ4v) is 1.86. The van der Waals surface area contributed by atoms with E-state index >= 15 is 0 Å². The van der Waals surface area contributed by atoms with Crippen molar-refractivity contribution in [1.29, 1.82) is 0 Å². The summed E-state index contributed by atoms with van der Waals surface area (Å²) in [7, 11) is 0. The third kappa shape index (κ3) is 4.28. The van der Waals surface area contributed by atoms with Crippen LogP contribution in [0, 0.1) is 0 Å². The Labute approximate surface area is 124 Å². The molecule has 104 valence electrons. The van der Waals surface area contributed by atoms with Crippen molar-refractivity contribution >= 4 is 23.5 Å². The van der Waals surface area contributed by atoms with E-state index in [-0.39, 0.29) is 0 Å². The lowest BCUT2D eigenvalue weighted by molar-refractivity contribution is 0.317. The van der Waals surface area contributed by atoms with E-state index in [9.17, 15) is 0 Å². The third-order valence-electron chi connectivity index (χ3n) is 2.60. The van der Waals surface area contributed by atoms with Crippen LogP contribution in [-0.2, 0) is 0 Å². The van der Waals surface area contributed by atoms with Crippen molar-refractivity contribution in [1.82, 2.24) is 0 Å². The Balaban J connectivity index is 1.97. The average Bonchev–Trinajstić information content (AvgIpc) is 2.47. The lowest BCUT2D eigenvalue weighted by Crippen LogP contribution is -1.96. The zero-order valence-corrected chi connectivity index (χ0v) is 12.1. The second-order valence-electron chi connectivity index (χ2n) is 4.27. The van der Waals surface area contributed by atoms with E-state index in [0.717, 1.165) is 17.7 Å². The van der Waals surface area contributed by atoms with E-state index in [0.29, 0.717) is 17.4 Å². The first-order chi connectivity index (χ1) is 9.79. The van der Waals surface area contributed by atoms with Gasteiger partial charge in [-0.05, 0) is 42.3 Å². The molecule has 0 aliphatic carbocycles. The summed E-state index contributed by atoms with van der Waals surface area (Å²) in [5.41, 5.74) is 4.82. The van der Waals surface area contributed by atoms with Crippen LogP contribution >= 0.6 is 11.6 Å².